The summed E-state index contributed by atoms with van der Waals surface area (Å²) < 4.78 is 4.33. The van der Waals surface area contributed by atoms with Gasteiger partial charge in [-0.05, 0) is 37.7 Å². The maximum absolute atomic E-state index is 4.51. The second-order valence-corrected chi connectivity index (χ2v) is 5.95. The summed E-state index contributed by atoms with van der Waals surface area (Å²) in [7, 11) is 4.24. The van der Waals surface area contributed by atoms with Crippen molar-refractivity contribution in [2.75, 3.05) is 32.1 Å². The van der Waals surface area contributed by atoms with Crippen molar-refractivity contribution >= 4 is 16.7 Å². The topological polar surface area (TPSA) is 45.2 Å². The molecule has 0 aromatic carbocycles. The van der Waals surface area contributed by atoms with Crippen LogP contribution >= 0.6 is 11.5 Å². The molecule has 0 saturated carbocycles. The number of nitrogens with zero attached hydrogens (tertiary/aromatic N) is 5. The van der Waals surface area contributed by atoms with E-state index in [-0.39, 0.29) is 0 Å². The van der Waals surface area contributed by atoms with Crippen molar-refractivity contribution in [3.8, 4) is 0 Å². The van der Waals surface area contributed by atoms with Gasteiger partial charge in [-0.1, -0.05) is 6.92 Å². The molecule has 0 atom stereocenters. The largest absolute Gasteiger partial charge is 0.350 e. The molecule has 0 spiro atoms. The number of anilines is 1. The molecule has 6 heteroatoms. The van der Waals surface area contributed by atoms with Crippen LogP contribution in [0.4, 0.5) is 5.13 Å². The van der Waals surface area contributed by atoms with E-state index >= 15 is 0 Å². The smallest absolute Gasteiger partial charge is 0.204 e. The summed E-state index contributed by atoms with van der Waals surface area (Å²) in [4.78, 5) is 13.1. The fourth-order valence-electron chi connectivity index (χ4n) is 2.10. The van der Waals surface area contributed by atoms with E-state index in [1.807, 2.05) is 12.4 Å². The Hall–Kier alpha value is -1.53. The van der Waals surface area contributed by atoms with Crippen molar-refractivity contribution in [2.45, 2.75) is 26.3 Å². The Kier molecular flexibility index (Phi) is 6.07. The van der Waals surface area contributed by atoms with Crippen molar-refractivity contribution in [2.24, 2.45) is 0 Å². The summed E-state index contributed by atoms with van der Waals surface area (Å²) in [5, 5.41) is 1.02. The molecule has 0 unspecified atom stereocenters. The maximum Gasteiger partial charge on any atom is 0.204 e. The molecule has 0 aliphatic carbocycles. The average molecular weight is 305 g/mol. The van der Waals surface area contributed by atoms with Crippen LogP contribution in [0.3, 0.4) is 0 Å². The fraction of sp³-hybridized carbons (Fsp3) is 0.533. The van der Waals surface area contributed by atoms with Gasteiger partial charge in [0.15, 0.2) is 0 Å². The molecule has 5 nitrogen and oxygen atoms in total. The van der Waals surface area contributed by atoms with Crippen LogP contribution in [0.1, 0.15) is 24.7 Å². The first-order chi connectivity index (χ1) is 10.2. The second-order valence-electron chi connectivity index (χ2n) is 5.22. The predicted molar refractivity (Wildman–Crippen MR) is 87.7 cm³/mol. The monoisotopic (exact) mass is 305 g/mol. The van der Waals surface area contributed by atoms with Crippen molar-refractivity contribution in [3.63, 3.8) is 0 Å². The molecule has 0 aliphatic heterocycles. The molecule has 0 fully saturated rings. The Balaban J connectivity index is 1.71. The Bertz CT molecular complexity index is 528. The zero-order valence-electron chi connectivity index (χ0n) is 13.0. The van der Waals surface area contributed by atoms with E-state index in [0.29, 0.717) is 0 Å². The summed E-state index contributed by atoms with van der Waals surface area (Å²) in [6.45, 7) is 5.11. The lowest BCUT2D eigenvalue weighted by molar-refractivity contribution is 0.323. The molecule has 0 amide bonds. The van der Waals surface area contributed by atoms with Crippen molar-refractivity contribution in [3.05, 3.63) is 35.9 Å². The van der Waals surface area contributed by atoms with Gasteiger partial charge in [-0.3, -0.25) is 4.98 Å². The van der Waals surface area contributed by atoms with Crippen LogP contribution in [0.15, 0.2) is 24.5 Å². The van der Waals surface area contributed by atoms with Crippen molar-refractivity contribution in [1.82, 2.24) is 19.2 Å². The van der Waals surface area contributed by atoms with Gasteiger partial charge in [-0.2, -0.15) is 4.37 Å². The highest BCUT2D eigenvalue weighted by molar-refractivity contribution is 7.09. The van der Waals surface area contributed by atoms with E-state index in [1.165, 1.54) is 17.1 Å². The predicted octanol–water partition coefficient (Wildman–Crippen LogP) is 2.45. The van der Waals surface area contributed by atoms with Gasteiger partial charge in [0.25, 0.3) is 0 Å². The lowest BCUT2D eigenvalue weighted by Crippen LogP contribution is -2.25. The minimum absolute atomic E-state index is 0.902. The first kappa shape index (κ1) is 15.9. The molecular formula is C15H23N5S. The molecule has 0 radical (unpaired) electrons. The molecule has 2 aromatic heterocycles. The van der Waals surface area contributed by atoms with Gasteiger partial charge in [-0.25, -0.2) is 4.98 Å². The number of aryl methyl sites for hydroxylation is 1. The molecule has 0 aliphatic rings. The zero-order chi connectivity index (χ0) is 15.1. The highest BCUT2D eigenvalue weighted by atomic mass is 32.1. The van der Waals surface area contributed by atoms with E-state index in [1.54, 1.807) is 0 Å². The summed E-state index contributed by atoms with van der Waals surface area (Å²) >= 11 is 1.49. The molecule has 2 aromatic rings. The molecule has 2 rings (SSSR count). The lowest BCUT2D eigenvalue weighted by Gasteiger charge is -2.19. The molecule has 114 valence electrons. The quantitative estimate of drug-likeness (QED) is 0.749. The van der Waals surface area contributed by atoms with E-state index in [2.05, 4.69) is 57.3 Å². The van der Waals surface area contributed by atoms with Crippen LogP contribution in [-0.4, -0.2) is 46.4 Å². The zero-order valence-corrected chi connectivity index (χ0v) is 13.8. The highest BCUT2D eigenvalue weighted by Crippen LogP contribution is 2.16. The third-order valence-corrected chi connectivity index (χ3v) is 4.20. The molecule has 2 heterocycles. The SMILES string of the molecule is CCc1nsc(N(C)CCCN(C)Cc2ccncc2)n1. The fourth-order valence-corrected chi connectivity index (χ4v) is 2.83. The Morgan fingerprint density at radius 1 is 1.14 bits per heavy atom. The molecule has 0 N–H and O–H groups in total. The normalized spacial score (nSPS) is 11.0. The van der Waals surface area contributed by atoms with Gasteiger partial charge in [0.1, 0.15) is 5.82 Å². The molecular weight excluding hydrogens is 282 g/mol. The van der Waals surface area contributed by atoms with Gasteiger partial charge in [-0.15, -0.1) is 0 Å². The minimum Gasteiger partial charge on any atom is -0.350 e. The number of rotatable bonds is 8. The second kappa shape index (κ2) is 8.05. The third kappa shape index (κ3) is 5.06. The number of aromatic nitrogens is 3. The molecule has 0 bridgehead atoms. The van der Waals surface area contributed by atoms with E-state index in [0.717, 1.165) is 43.4 Å². The summed E-state index contributed by atoms with van der Waals surface area (Å²) in [6, 6.07) is 4.13. The molecule has 21 heavy (non-hydrogen) atoms. The average Bonchev–Trinajstić information content (AvgIpc) is 2.97. The van der Waals surface area contributed by atoms with Crippen LogP contribution in [0.5, 0.6) is 0 Å². The first-order valence-electron chi connectivity index (χ1n) is 7.30. The summed E-state index contributed by atoms with van der Waals surface area (Å²) in [5.41, 5.74) is 1.30. The van der Waals surface area contributed by atoms with Crippen molar-refractivity contribution in [1.29, 1.82) is 0 Å². The van der Waals surface area contributed by atoms with Crippen molar-refractivity contribution < 1.29 is 0 Å². The standard InChI is InChI=1S/C15H23N5S/c1-4-14-17-15(21-18-14)20(3)11-5-10-19(2)12-13-6-8-16-9-7-13/h6-9H,4-5,10-12H2,1-3H3. The first-order valence-corrected chi connectivity index (χ1v) is 8.07. The van der Waals surface area contributed by atoms with Gasteiger partial charge >= 0.3 is 0 Å². The van der Waals surface area contributed by atoms with Gasteiger partial charge in [0.2, 0.25) is 5.13 Å². The maximum atomic E-state index is 4.51. The summed E-state index contributed by atoms with van der Waals surface area (Å²) in [6.07, 6.45) is 5.70. The van der Waals surface area contributed by atoms with Crippen LogP contribution in [0.25, 0.3) is 0 Å². The Morgan fingerprint density at radius 3 is 2.57 bits per heavy atom. The van der Waals surface area contributed by atoms with Crippen LogP contribution in [0.2, 0.25) is 0 Å². The van der Waals surface area contributed by atoms with E-state index in [4.69, 9.17) is 0 Å². The van der Waals surface area contributed by atoms with Gasteiger partial charge in [0, 0.05) is 50.5 Å². The molecule has 0 saturated heterocycles. The number of hydrogen-bond acceptors (Lipinski definition) is 6. The van der Waals surface area contributed by atoms with Gasteiger partial charge < -0.3 is 9.80 Å². The Labute approximate surface area is 130 Å². The summed E-state index contributed by atoms with van der Waals surface area (Å²) in [5.74, 6) is 0.941. The van der Waals surface area contributed by atoms with E-state index in [9.17, 15) is 0 Å². The van der Waals surface area contributed by atoms with Crippen LogP contribution in [-0.2, 0) is 13.0 Å². The van der Waals surface area contributed by atoms with Gasteiger partial charge in [0.05, 0.1) is 0 Å². The third-order valence-electron chi connectivity index (χ3n) is 3.34. The number of hydrogen-bond donors (Lipinski definition) is 0. The lowest BCUT2D eigenvalue weighted by atomic mass is 10.2. The van der Waals surface area contributed by atoms with E-state index < -0.39 is 0 Å². The number of pyridine rings is 1. The van der Waals surface area contributed by atoms with Crippen LogP contribution < -0.4 is 4.90 Å². The highest BCUT2D eigenvalue weighted by Gasteiger charge is 2.08. The van der Waals surface area contributed by atoms with Crippen LogP contribution in [0, 0.1) is 0 Å². The Morgan fingerprint density at radius 2 is 1.90 bits per heavy atom. The minimum atomic E-state index is 0.902.